The first-order valence-electron chi connectivity index (χ1n) is 7.60. The summed E-state index contributed by atoms with van der Waals surface area (Å²) in [7, 11) is 0. The van der Waals surface area contributed by atoms with E-state index in [1.807, 2.05) is 49.1 Å². The zero-order valence-corrected chi connectivity index (χ0v) is 13.8. The van der Waals surface area contributed by atoms with Crippen molar-refractivity contribution in [1.29, 1.82) is 0 Å². The van der Waals surface area contributed by atoms with Crippen molar-refractivity contribution < 1.29 is 4.79 Å². The third-order valence-corrected chi connectivity index (χ3v) is 4.89. The van der Waals surface area contributed by atoms with Gasteiger partial charge in [-0.1, -0.05) is 11.6 Å². The number of likely N-dealkylation sites (tertiary alicyclic amines) is 1. The summed E-state index contributed by atoms with van der Waals surface area (Å²) >= 11 is 1.58. The van der Waals surface area contributed by atoms with Gasteiger partial charge in [0.2, 0.25) is 0 Å². The summed E-state index contributed by atoms with van der Waals surface area (Å²) in [6.45, 7) is 5.64. The van der Waals surface area contributed by atoms with Crippen molar-refractivity contribution in [3.8, 4) is 0 Å². The number of aryl methyl sites for hydroxylation is 2. The highest BCUT2D eigenvalue weighted by atomic mass is 32.1. The molecule has 114 valence electrons. The monoisotopic (exact) mass is 312 g/mol. The van der Waals surface area contributed by atoms with Crippen LogP contribution in [-0.4, -0.2) is 28.9 Å². The second kappa shape index (κ2) is 6.44. The van der Waals surface area contributed by atoms with E-state index in [0.717, 1.165) is 42.2 Å². The molecule has 1 aliphatic rings. The van der Waals surface area contributed by atoms with E-state index in [2.05, 4.69) is 11.1 Å². The summed E-state index contributed by atoms with van der Waals surface area (Å²) < 4.78 is 0. The van der Waals surface area contributed by atoms with Crippen molar-refractivity contribution in [2.45, 2.75) is 26.7 Å². The molecule has 0 bridgehead atoms. The number of hydrogen-bond donors (Lipinski definition) is 0. The van der Waals surface area contributed by atoms with Gasteiger partial charge in [-0.15, -0.1) is 11.3 Å². The number of thiophene rings is 1. The van der Waals surface area contributed by atoms with Crippen LogP contribution in [0.1, 0.15) is 38.8 Å². The van der Waals surface area contributed by atoms with Crippen molar-refractivity contribution in [3.63, 3.8) is 0 Å². The maximum Gasteiger partial charge on any atom is 0.263 e. The molecule has 0 aromatic carbocycles. The molecule has 0 unspecified atom stereocenters. The molecule has 2 aromatic rings. The van der Waals surface area contributed by atoms with Gasteiger partial charge < -0.3 is 4.90 Å². The van der Waals surface area contributed by atoms with Crippen LogP contribution in [0.15, 0.2) is 35.9 Å². The van der Waals surface area contributed by atoms with Gasteiger partial charge in [0.25, 0.3) is 5.91 Å². The van der Waals surface area contributed by atoms with E-state index in [9.17, 15) is 4.79 Å². The molecule has 3 heterocycles. The van der Waals surface area contributed by atoms with E-state index in [1.54, 1.807) is 11.3 Å². The zero-order valence-electron chi connectivity index (χ0n) is 13.0. The number of aromatic nitrogens is 1. The number of carbonyl (C=O) groups is 1. The van der Waals surface area contributed by atoms with Gasteiger partial charge in [0.15, 0.2) is 0 Å². The van der Waals surface area contributed by atoms with Gasteiger partial charge in [-0.25, -0.2) is 0 Å². The van der Waals surface area contributed by atoms with E-state index < -0.39 is 0 Å². The molecule has 3 rings (SSSR count). The first-order valence-corrected chi connectivity index (χ1v) is 8.42. The molecule has 0 atom stereocenters. The van der Waals surface area contributed by atoms with Crippen LogP contribution >= 0.6 is 11.3 Å². The molecule has 0 radical (unpaired) electrons. The second-order valence-electron chi connectivity index (χ2n) is 5.71. The molecule has 0 saturated carbocycles. The first kappa shape index (κ1) is 15.0. The Labute approximate surface area is 135 Å². The van der Waals surface area contributed by atoms with Crippen molar-refractivity contribution >= 4 is 23.3 Å². The van der Waals surface area contributed by atoms with Crippen molar-refractivity contribution in [3.05, 3.63) is 57.0 Å². The number of amides is 1. The number of nitrogens with zero attached hydrogens (tertiary/aromatic N) is 2. The molecular weight excluding hydrogens is 292 g/mol. The van der Waals surface area contributed by atoms with Gasteiger partial charge in [0, 0.05) is 23.7 Å². The van der Waals surface area contributed by atoms with Crippen LogP contribution in [0.5, 0.6) is 0 Å². The highest BCUT2D eigenvalue weighted by Gasteiger charge is 2.21. The minimum absolute atomic E-state index is 0.172. The van der Waals surface area contributed by atoms with Crippen LogP contribution in [-0.2, 0) is 0 Å². The Hall–Kier alpha value is -1.94. The largest absolute Gasteiger partial charge is 0.337 e. The zero-order chi connectivity index (χ0) is 15.5. The molecule has 3 nitrogen and oxygen atoms in total. The normalized spacial score (nSPS) is 15.0. The Balaban J connectivity index is 1.64. The van der Waals surface area contributed by atoms with Gasteiger partial charge >= 0.3 is 0 Å². The highest BCUT2D eigenvalue weighted by molar-refractivity contribution is 7.13. The van der Waals surface area contributed by atoms with Gasteiger partial charge in [-0.3, -0.25) is 9.78 Å². The summed E-state index contributed by atoms with van der Waals surface area (Å²) in [4.78, 5) is 20.9. The molecule has 4 heteroatoms. The van der Waals surface area contributed by atoms with Crippen LogP contribution in [0.25, 0.3) is 6.08 Å². The van der Waals surface area contributed by atoms with Crippen LogP contribution in [0, 0.1) is 13.8 Å². The third kappa shape index (κ3) is 3.45. The topological polar surface area (TPSA) is 33.2 Å². The minimum atomic E-state index is 0.172. The van der Waals surface area contributed by atoms with Gasteiger partial charge in [-0.2, -0.15) is 0 Å². The van der Waals surface area contributed by atoms with Crippen molar-refractivity contribution in [2.24, 2.45) is 0 Å². The Morgan fingerprint density at radius 1 is 1.18 bits per heavy atom. The number of carbonyl (C=O) groups excluding carboxylic acids is 1. The molecule has 0 aliphatic carbocycles. The van der Waals surface area contributed by atoms with Crippen LogP contribution in [0.2, 0.25) is 0 Å². The predicted molar refractivity (Wildman–Crippen MR) is 91.1 cm³/mol. The summed E-state index contributed by atoms with van der Waals surface area (Å²) in [5, 5.41) is 0. The molecule has 1 fully saturated rings. The average Bonchev–Trinajstić information content (AvgIpc) is 2.94. The smallest absolute Gasteiger partial charge is 0.263 e. The fourth-order valence-corrected chi connectivity index (χ4v) is 3.54. The lowest BCUT2D eigenvalue weighted by Crippen LogP contribution is -2.35. The highest BCUT2D eigenvalue weighted by Crippen LogP contribution is 2.23. The molecule has 0 spiro atoms. The molecule has 1 saturated heterocycles. The molecular formula is C18H20N2OS. The van der Waals surface area contributed by atoms with Gasteiger partial charge in [0.05, 0.1) is 10.6 Å². The van der Waals surface area contributed by atoms with E-state index in [4.69, 9.17) is 0 Å². The Morgan fingerprint density at radius 3 is 2.59 bits per heavy atom. The van der Waals surface area contributed by atoms with Gasteiger partial charge in [-0.05, 0) is 57.0 Å². The maximum atomic E-state index is 12.4. The van der Waals surface area contributed by atoms with E-state index >= 15 is 0 Å². The molecule has 0 N–H and O–H groups in total. The molecule has 1 amide bonds. The van der Waals surface area contributed by atoms with E-state index in [1.165, 1.54) is 10.5 Å². The van der Waals surface area contributed by atoms with E-state index in [0.29, 0.717) is 0 Å². The SMILES string of the molecule is Cc1cccc(C=C2CCN(C(=O)c3ccc(C)s3)CC2)n1. The average molecular weight is 312 g/mol. The summed E-state index contributed by atoms with van der Waals surface area (Å²) in [5.41, 5.74) is 3.43. The lowest BCUT2D eigenvalue weighted by Gasteiger charge is -2.28. The summed E-state index contributed by atoms with van der Waals surface area (Å²) in [6.07, 6.45) is 4.04. The predicted octanol–water partition coefficient (Wildman–Crippen LogP) is 4.08. The Morgan fingerprint density at radius 2 is 1.95 bits per heavy atom. The second-order valence-corrected chi connectivity index (χ2v) is 7.00. The quantitative estimate of drug-likeness (QED) is 0.837. The van der Waals surface area contributed by atoms with Gasteiger partial charge in [0.1, 0.15) is 0 Å². The van der Waals surface area contributed by atoms with Crippen LogP contribution < -0.4 is 0 Å². The third-order valence-electron chi connectivity index (χ3n) is 3.91. The number of rotatable bonds is 2. The molecule has 1 aliphatic heterocycles. The first-order chi connectivity index (χ1) is 10.6. The fraction of sp³-hybridized carbons (Fsp3) is 0.333. The van der Waals surface area contributed by atoms with E-state index in [-0.39, 0.29) is 5.91 Å². The van der Waals surface area contributed by atoms with Crippen LogP contribution in [0.4, 0.5) is 0 Å². The number of piperidine rings is 1. The lowest BCUT2D eigenvalue weighted by atomic mass is 10.0. The number of pyridine rings is 1. The fourth-order valence-electron chi connectivity index (χ4n) is 2.70. The van der Waals surface area contributed by atoms with Crippen LogP contribution in [0.3, 0.4) is 0 Å². The molecule has 22 heavy (non-hydrogen) atoms. The lowest BCUT2D eigenvalue weighted by molar-refractivity contribution is 0.0749. The number of hydrogen-bond acceptors (Lipinski definition) is 3. The van der Waals surface area contributed by atoms with Crippen molar-refractivity contribution in [1.82, 2.24) is 9.88 Å². The Kier molecular flexibility index (Phi) is 4.39. The van der Waals surface area contributed by atoms with Crippen molar-refractivity contribution in [2.75, 3.05) is 13.1 Å². The standard InChI is InChI=1S/C18H20N2OS/c1-13-4-3-5-16(19-13)12-15-8-10-20(11-9-15)18(21)17-7-6-14(2)22-17/h3-7,12H,8-11H2,1-2H3. The maximum absolute atomic E-state index is 12.4. The summed E-state index contributed by atoms with van der Waals surface area (Å²) in [6, 6.07) is 10.0. The summed E-state index contributed by atoms with van der Waals surface area (Å²) in [5.74, 6) is 0.172. The molecule has 2 aromatic heterocycles. The minimum Gasteiger partial charge on any atom is -0.337 e. The Bertz CT molecular complexity index is 707.